The van der Waals surface area contributed by atoms with E-state index < -0.39 is 0 Å². The van der Waals surface area contributed by atoms with Crippen LogP contribution in [0.1, 0.15) is 19.1 Å². The van der Waals surface area contributed by atoms with E-state index in [0.29, 0.717) is 28.8 Å². The summed E-state index contributed by atoms with van der Waals surface area (Å²) in [6.45, 7) is 0.0370. The van der Waals surface area contributed by atoms with Gasteiger partial charge in [0.1, 0.15) is 18.1 Å². The Balaban J connectivity index is 1.78. The third kappa shape index (κ3) is 1.85. The highest BCUT2D eigenvalue weighted by Gasteiger charge is 2.45. The maximum absolute atomic E-state index is 9.56. The molecule has 0 bridgehead atoms. The van der Waals surface area contributed by atoms with E-state index in [9.17, 15) is 5.11 Å². The van der Waals surface area contributed by atoms with Crippen molar-refractivity contribution in [2.45, 2.75) is 25.2 Å². The van der Waals surface area contributed by atoms with E-state index in [0.717, 1.165) is 12.8 Å². The second-order valence-corrected chi connectivity index (χ2v) is 5.60. The van der Waals surface area contributed by atoms with Gasteiger partial charge in [-0.05, 0) is 18.8 Å². The average molecular weight is 287 g/mol. The van der Waals surface area contributed by atoms with Crippen LogP contribution >= 0.6 is 0 Å². The minimum atomic E-state index is -0.170. The summed E-state index contributed by atoms with van der Waals surface area (Å²) in [5.41, 5.74) is 7.11. The van der Waals surface area contributed by atoms with Gasteiger partial charge < -0.3 is 15.6 Å². The molecule has 2 aromatic rings. The first kappa shape index (κ1) is 12.7. The zero-order chi connectivity index (χ0) is 14.4. The van der Waals surface area contributed by atoms with Gasteiger partial charge >= 0.3 is 0 Å². The predicted octanol–water partition coefficient (Wildman–Crippen LogP) is 0.881. The van der Waals surface area contributed by atoms with Gasteiger partial charge in [0.15, 0.2) is 11.5 Å². The standard InChI is InChI=1S/C14H17N5O2/c15-12-11-13(17-6-16-12)19(7-18-11)14-9-4-2-1-3-8(9)10(5-20)21-14/h1-2,6-10,14,20H,3-5H2,(H2,15,16,17)/t8-,9+,10+,14-/m0/s1. The summed E-state index contributed by atoms with van der Waals surface area (Å²) in [5.74, 6) is 1.03. The number of nitrogens with two attached hydrogens (primary N) is 1. The van der Waals surface area contributed by atoms with Crippen molar-refractivity contribution in [3.8, 4) is 0 Å². The topological polar surface area (TPSA) is 99.1 Å². The lowest BCUT2D eigenvalue weighted by Gasteiger charge is -2.25. The maximum atomic E-state index is 9.56. The predicted molar refractivity (Wildman–Crippen MR) is 76.1 cm³/mol. The van der Waals surface area contributed by atoms with E-state index in [4.69, 9.17) is 10.5 Å². The number of hydrogen-bond acceptors (Lipinski definition) is 6. The fourth-order valence-electron chi connectivity index (χ4n) is 3.50. The van der Waals surface area contributed by atoms with Crippen LogP contribution < -0.4 is 5.73 Å². The first-order chi connectivity index (χ1) is 10.3. The Morgan fingerprint density at radius 3 is 2.86 bits per heavy atom. The van der Waals surface area contributed by atoms with Crippen LogP contribution in [0.25, 0.3) is 11.2 Å². The summed E-state index contributed by atoms with van der Waals surface area (Å²) >= 11 is 0. The summed E-state index contributed by atoms with van der Waals surface area (Å²) in [6, 6.07) is 0. The minimum Gasteiger partial charge on any atom is -0.394 e. The molecule has 4 atom stereocenters. The molecule has 0 saturated carbocycles. The van der Waals surface area contributed by atoms with Crippen molar-refractivity contribution in [2.75, 3.05) is 12.3 Å². The second kappa shape index (κ2) is 4.78. The molecule has 7 heteroatoms. The van der Waals surface area contributed by atoms with Crippen LogP contribution in [0.3, 0.4) is 0 Å². The van der Waals surface area contributed by atoms with Gasteiger partial charge in [-0.1, -0.05) is 12.2 Å². The van der Waals surface area contributed by atoms with Crippen molar-refractivity contribution in [2.24, 2.45) is 11.8 Å². The largest absolute Gasteiger partial charge is 0.394 e. The molecule has 0 spiro atoms. The normalized spacial score (nSPS) is 31.7. The maximum Gasteiger partial charge on any atom is 0.167 e. The monoisotopic (exact) mass is 287 g/mol. The smallest absolute Gasteiger partial charge is 0.167 e. The number of nitrogens with zero attached hydrogens (tertiary/aromatic N) is 4. The molecular formula is C14H17N5O2. The van der Waals surface area contributed by atoms with E-state index in [1.165, 1.54) is 6.33 Å². The van der Waals surface area contributed by atoms with Gasteiger partial charge in [-0.2, -0.15) is 0 Å². The number of nitrogen functional groups attached to an aromatic ring is 1. The van der Waals surface area contributed by atoms with Crippen molar-refractivity contribution in [1.82, 2.24) is 19.5 Å². The molecule has 0 aromatic carbocycles. The molecule has 2 aromatic heterocycles. The Hall–Kier alpha value is -1.99. The third-order valence-corrected chi connectivity index (χ3v) is 4.53. The van der Waals surface area contributed by atoms with Crippen LogP contribution in [0, 0.1) is 11.8 Å². The number of ether oxygens (including phenoxy) is 1. The van der Waals surface area contributed by atoms with Crippen LogP contribution in [-0.2, 0) is 4.74 Å². The summed E-state index contributed by atoms with van der Waals surface area (Å²) in [6.07, 6.45) is 9.06. The molecular weight excluding hydrogens is 270 g/mol. The van der Waals surface area contributed by atoms with Gasteiger partial charge in [-0.3, -0.25) is 4.57 Å². The number of hydrogen-bond donors (Lipinski definition) is 2. The molecule has 21 heavy (non-hydrogen) atoms. The molecule has 110 valence electrons. The van der Waals surface area contributed by atoms with Crippen molar-refractivity contribution in [1.29, 1.82) is 0 Å². The first-order valence-corrected chi connectivity index (χ1v) is 7.14. The molecule has 1 aliphatic carbocycles. The van der Waals surface area contributed by atoms with Gasteiger partial charge in [0.05, 0.1) is 19.0 Å². The van der Waals surface area contributed by atoms with Gasteiger partial charge in [0, 0.05) is 5.92 Å². The molecule has 1 fully saturated rings. The summed E-state index contributed by atoms with van der Waals surface area (Å²) in [5, 5.41) is 9.56. The highest BCUT2D eigenvalue weighted by atomic mass is 16.5. The van der Waals surface area contributed by atoms with Crippen LogP contribution in [-0.4, -0.2) is 37.3 Å². The lowest BCUT2D eigenvalue weighted by molar-refractivity contribution is -0.0349. The number of fused-ring (bicyclic) bond motifs is 2. The molecule has 7 nitrogen and oxygen atoms in total. The van der Waals surface area contributed by atoms with Crippen molar-refractivity contribution >= 4 is 17.0 Å². The molecule has 4 rings (SSSR count). The van der Waals surface area contributed by atoms with Crippen LogP contribution in [0.2, 0.25) is 0 Å². The number of allylic oxidation sites excluding steroid dienone is 2. The fourth-order valence-corrected chi connectivity index (χ4v) is 3.50. The van der Waals surface area contributed by atoms with Crippen molar-refractivity contribution in [3.63, 3.8) is 0 Å². The molecule has 0 amide bonds. The van der Waals surface area contributed by atoms with Crippen LogP contribution in [0.4, 0.5) is 5.82 Å². The Morgan fingerprint density at radius 2 is 2.05 bits per heavy atom. The number of imidazole rings is 1. The lowest BCUT2D eigenvalue weighted by atomic mass is 9.81. The minimum absolute atomic E-state index is 0.0370. The summed E-state index contributed by atoms with van der Waals surface area (Å²) in [4.78, 5) is 12.5. The number of aliphatic hydroxyl groups excluding tert-OH is 1. The average Bonchev–Trinajstić information content (AvgIpc) is 3.09. The highest BCUT2D eigenvalue weighted by Crippen LogP contribution is 2.46. The molecule has 1 saturated heterocycles. The zero-order valence-corrected chi connectivity index (χ0v) is 11.5. The summed E-state index contributed by atoms with van der Waals surface area (Å²) < 4.78 is 8.00. The SMILES string of the molecule is Nc1ncnc2c1ncn2[C@H]1O[C@H](CO)[C@H]2CC=CC[C@H]21. The quantitative estimate of drug-likeness (QED) is 0.795. The van der Waals surface area contributed by atoms with Gasteiger partial charge in [0.2, 0.25) is 0 Å². The van der Waals surface area contributed by atoms with E-state index in [1.54, 1.807) is 6.33 Å². The van der Waals surface area contributed by atoms with Gasteiger partial charge in [-0.15, -0.1) is 0 Å². The Bertz CT molecular complexity index is 698. The van der Waals surface area contributed by atoms with Crippen LogP contribution in [0.5, 0.6) is 0 Å². The number of aromatic nitrogens is 4. The van der Waals surface area contributed by atoms with E-state index in [2.05, 4.69) is 27.1 Å². The van der Waals surface area contributed by atoms with E-state index in [1.807, 2.05) is 4.57 Å². The Labute approximate surface area is 121 Å². The Kier molecular flexibility index (Phi) is 2.90. The third-order valence-electron chi connectivity index (χ3n) is 4.53. The van der Waals surface area contributed by atoms with Crippen LogP contribution in [0.15, 0.2) is 24.8 Å². The second-order valence-electron chi connectivity index (χ2n) is 5.60. The van der Waals surface area contributed by atoms with E-state index in [-0.39, 0.29) is 18.9 Å². The molecule has 3 heterocycles. The van der Waals surface area contributed by atoms with Crippen molar-refractivity contribution in [3.05, 3.63) is 24.8 Å². The number of aliphatic hydroxyl groups is 1. The van der Waals surface area contributed by atoms with Gasteiger partial charge in [-0.25, -0.2) is 15.0 Å². The molecule has 2 aliphatic rings. The molecule has 0 unspecified atom stereocenters. The first-order valence-electron chi connectivity index (χ1n) is 7.14. The lowest BCUT2D eigenvalue weighted by Crippen LogP contribution is -2.25. The Morgan fingerprint density at radius 1 is 1.24 bits per heavy atom. The number of rotatable bonds is 2. The fraction of sp³-hybridized carbons (Fsp3) is 0.500. The molecule has 1 aliphatic heterocycles. The highest BCUT2D eigenvalue weighted by molar-refractivity contribution is 5.81. The van der Waals surface area contributed by atoms with Crippen molar-refractivity contribution < 1.29 is 9.84 Å². The molecule has 0 radical (unpaired) electrons. The summed E-state index contributed by atoms with van der Waals surface area (Å²) in [7, 11) is 0. The van der Waals surface area contributed by atoms with Gasteiger partial charge in [0.25, 0.3) is 0 Å². The number of anilines is 1. The molecule has 3 N–H and O–H groups in total. The zero-order valence-electron chi connectivity index (χ0n) is 11.5. The van der Waals surface area contributed by atoms with E-state index >= 15 is 0 Å².